The minimum absolute atomic E-state index is 0.0326. The van der Waals surface area contributed by atoms with Gasteiger partial charge in [-0.05, 0) is 43.3 Å². The molecule has 2 aromatic carbocycles. The van der Waals surface area contributed by atoms with Crippen LogP contribution in [-0.4, -0.2) is 18.4 Å². The first-order valence-electron chi connectivity index (χ1n) is 9.06. The lowest BCUT2D eigenvalue weighted by Crippen LogP contribution is -2.38. The van der Waals surface area contributed by atoms with Crippen LogP contribution < -0.4 is 10.2 Å². The highest BCUT2D eigenvalue weighted by Gasteiger charge is 2.31. The van der Waals surface area contributed by atoms with Gasteiger partial charge in [0.15, 0.2) is 0 Å². The Balaban J connectivity index is 1.56. The zero-order valence-corrected chi connectivity index (χ0v) is 16.2. The number of rotatable bonds is 4. The fourth-order valence-electron chi connectivity index (χ4n) is 3.17. The molecule has 0 radical (unpaired) electrons. The van der Waals surface area contributed by atoms with Crippen molar-refractivity contribution in [3.8, 4) is 0 Å². The van der Waals surface area contributed by atoms with Crippen molar-refractivity contribution < 1.29 is 14.0 Å². The lowest BCUT2D eigenvalue weighted by Gasteiger charge is -2.22. The number of aryl methyl sites for hydroxylation is 1. The SMILES string of the molecule is Cc1ccc(NC(=O)CN2C(=O)C[C@H](c3ccco3)Sc3ccccc32)cc1. The van der Waals surface area contributed by atoms with Gasteiger partial charge in [-0.1, -0.05) is 29.8 Å². The number of nitrogens with one attached hydrogen (secondary N) is 1. The zero-order valence-electron chi connectivity index (χ0n) is 15.4. The molecule has 6 heteroatoms. The molecular weight excluding hydrogens is 372 g/mol. The van der Waals surface area contributed by atoms with Crippen LogP contribution in [0.15, 0.2) is 76.2 Å². The highest BCUT2D eigenvalue weighted by molar-refractivity contribution is 7.99. The maximum absolute atomic E-state index is 13.0. The topological polar surface area (TPSA) is 62.6 Å². The fraction of sp³-hybridized carbons (Fsp3) is 0.182. The van der Waals surface area contributed by atoms with E-state index < -0.39 is 0 Å². The summed E-state index contributed by atoms with van der Waals surface area (Å²) in [6, 6.07) is 19.0. The van der Waals surface area contributed by atoms with Crippen molar-refractivity contribution in [1.82, 2.24) is 0 Å². The van der Waals surface area contributed by atoms with Crippen LogP contribution in [0, 0.1) is 6.92 Å². The van der Waals surface area contributed by atoms with Crippen LogP contribution in [0.5, 0.6) is 0 Å². The third-order valence-electron chi connectivity index (χ3n) is 4.58. The molecule has 2 heterocycles. The molecule has 1 N–H and O–H groups in total. The molecule has 4 rings (SSSR count). The molecule has 2 amide bonds. The predicted octanol–water partition coefficient (Wildman–Crippen LogP) is 4.80. The normalized spacial score (nSPS) is 16.4. The third-order valence-corrected chi connectivity index (χ3v) is 5.87. The number of furan rings is 1. The van der Waals surface area contributed by atoms with Crippen LogP contribution in [0.1, 0.15) is 23.0 Å². The number of fused-ring (bicyclic) bond motifs is 1. The largest absolute Gasteiger partial charge is 0.468 e. The predicted molar refractivity (Wildman–Crippen MR) is 111 cm³/mol. The first-order chi connectivity index (χ1) is 13.6. The summed E-state index contributed by atoms with van der Waals surface area (Å²) in [7, 11) is 0. The van der Waals surface area contributed by atoms with E-state index in [0.29, 0.717) is 5.69 Å². The van der Waals surface area contributed by atoms with Crippen LogP contribution in [0.2, 0.25) is 0 Å². The summed E-state index contributed by atoms with van der Waals surface area (Å²) in [5.74, 6) is 0.436. The van der Waals surface area contributed by atoms with Crippen LogP contribution in [0.4, 0.5) is 11.4 Å². The van der Waals surface area contributed by atoms with Gasteiger partial charge in [-0.3, -0.25) is 9.59 Å². The summed E-state index contributed by atoms with van der Waals surface area (Å²) < 4.78 is 5.53. The van der Waals surface area contributed by atoms with Gasteiger partial charge in [0.05, 0.1) is 17.2 Å². The van der Waals surface area contributed by atoms with E-state index in [1.165, 1.54) is 0 Å². The van der Waals surface area contributed by atoms with E-state index in [0.717, 1.165) is 21.9 Å². The molecule has 28 heavy (non-hydrogen) atoms. The van der Waals surface area contributed by atoms with E-state index in [4.69, 9.17) is 4.42 Å². The minimum Gasteiger partial charge on any atom is -0.468 e. The minimum atomic E-state index is -0.228. The second kappa shape index (κ2) is 7.94. The molecule has 0 fully saturated rings. The van der Waals surface area contributed by atoms with E-state index >= 15 is 0 Å². The lowest BCUT2D eigenvalue weighted by molar-refractivity contribution is -0.121. The number of anilines is 2. The second-order valence-electron chi connectivity index (χ2n) is 6.69. The van der Waals surface area contributed by atoms with E-state index in [-0.39, 0.29) is 30.0 Å². The smallest absolute Gasteiger partial charge is 0.244 e. The Morgan fingerprint density at radius 1 is 1.14 bits per heavy atom. The molecule has 0 saturated heterocycles. The quantitative estimate of drug-likeness (QED) is 0.693. The van der Waals surface area contributed by atoms with Gasteiger partial charge < -0.3 is 14.6 Å². The second-order valence-corrected chi connectivity index (χ2v) is 7.93. The number of nitrogens with zero attached hydrogens (tertiary/aromatic N) is 1. The highest BCUT2D eigenvalue weighted by Crippen LogP contribution is 2.45. The summed E-state index contributed by atoms with van der Waals surface area (Å²) in [5.41, 5.74) is 2.59. The summed E-state index contributed by atoms with van der Waals surface area (Å²) in [4.78, 5) is 28.1. The van der Waals surface area contributed by atoms with Gasteiger partial charge >= 0.3 is 0 Å². The Bertz CT molecular complexity index is 983. The number of hydrogen-bond donors (Lipinski definition) is 1. The van der Waals surface area contributed by atoms with Gasteiger partial charge in [0, 0.05) is 17.0 Å². The Kier molecular flexibility index (Phi) is 5.21. The van der Waals surface area contributed by atoms with Crippen molar-refractivity contribution in [2.24, 2.45) is 0 Å². The van der Waals surface area contributed by atoms with Gasteiger partial charge in [-0.15, -0.1) is 11.8 Å². The molecule has 0 saturated carbocycles. The number of hydrogen-bond acceptors (Lipinski definition) is 4. The monoisotopic (exact) mass is 392 g/mol. The summed E-state index contributed by atoms with van der Waals surface area (Å²) >= 11 is 1.59. The number of thioether (sulfide) groups is 1. The van der Waals surface area contributed by atoms with Crippen molar-refractivity contribution in [2.45, 2.75) is 23.5 Å². The van der Waals surface area contributed by atoms with E-state index in [1.807, 2.05) is 67.6 Å². The molecule has 0 unspecified atom stereocenters. The molecule has 0 aliphatic carbocycles. The van der Waals surface area contributed by atoms with Gasteiger partial charge in [-0.2, -0.15) is 0 Å². The molecule has 0 bridgehead atoms. The maximum Gasteiger partial charge on any atom is 0.244 e. The van der Waals surface area contributed by atoms with E-state index in [9.17, 15) is 9.59 Å². The van der Waals surface area contributed by atoms with E-state index in [2.05, 4.69) is 5.32 Å². The van der Waals surface area contributed by atoms with Gasteiger partial charge in [0.1, 0.15) is 12.3 Å². The molecule has 0 spiro atoms. The number of benzene rings is 2. The number of amides is 2. The average molecular weight is 392 g/mol. The van der Waals surface area contributed by atoms with Crippen LogP contribution >= 0.6 is 11.8 Å². The molecule has 1 atom stereocenters. The van der Waals surface area contributed by atoms with Gasteiger partial charge in [-0.25, -0.2) is 0 Å². The van der Waals surface area contributed by atoms with Crippen molar-refractivity contribution in [2.75, 3.05) is 16.8 Å². The molecular formula is C22H20N2O3S. The fourth-order valence-corrected chi connectivity index (χ4v) is 4.40. The molecule has 3 aromatic rings. The third kappa shape index (κ3) is 3.97. The van der Waals surface area contributed by atoms with Crippen molar-refractivity contribution >= 4 is 35.0 Å². The van der Waals surface area contributed by atoms with Crippen molar-refractivity contribution in [1.29, 1.82) is 0 Å². The first kappa shape index (κ1) is 18.4. The molecule has 1 aliphatic heterocycles. The Hall–Kier alpha value is -2.99. The lowest BCUT2D eigenvalue weighted by atomic mass is 10.2. The number of para-hydroxylation sites is 1. The van der Waals surface area contributed by atoms with Gasteiger partial charge in [0.25, 0.3) is 0 Å². The first-order valence-corrected chi connectivity index (χ1v) is 9.94. The molecule has 142 valence electrons. The van der Waals surface area contributed by atoms with Crippen LogP contribution in [0.25, 0.3) is 0 Å². The Labute approximate surface area is 167 Å². The average Bonchev–Trinajstić information content (AvgIpc) is 3.18. The Morgan fingerprint density at radius 2 is 1.93 bits per heavy atom. The van der Waals surface area contributed by atoms with E-state index in [1.54, 1.807) is 22.9 Å². The van der Waals surface area contributed by atoms with Crippen molar-refractivity contribution in [3.05, 3.63) is 78.3 Å². The van der Waals surface area contributed by atoms with Gasteiger partial charge in [0.2, 0.25) is 11.8 Å². The van der Waals surface area contributed by atoms with Crippen LogP contribution in [0.3, 0.4) is 0 Å². The number of carbonyl (C=O) groups excluding carboxylic acids is 2. The standard InChI is InChI=1S/C22H20N2O3S/c1-15-8-10-16(11-9-15)23-21(25)14-24-17-5-2-3-7-19(17)28-20(13-22(24)26)18-6-4-12-27-18/h2-12,20H,13-14H2,1H3,(H,23,25)/t20-/m1/s1. The molecule has 1 aliphatic rings. The maximum atomic E-state index is 13.0. The highest BCUT2D eigenvalue weighted by atomic mass is 32.2. The summed E-state index contributed by atoms with van der Waals surface area (Å²) in [5, 5.41) is 2.75. The van der Waals surface area contributed by atoms with Crippen molar-refractivity contribution in [3.63, 3.8) is 0 Å². The summed E-state index contributed by atoms with van der Waals surface area (Å²) in [6.07, 6.45) is 1.88. The van der Waals surface area contributed by atoms with Crippen LogP contribution in [-0.2, 0) is 9.59 Å². The molecule has 5 nitrogen and oxygen atoms in total. The molecule has 1 aromatic heterocycles. The zero-order chi connectivity index (χ0) is 19.5. The number of carbonyl (C=O) groups is 2. The Morgan fingerprint density at radius 3 is 2.68 bits per heavy atom. The summed E-state index contributed by atoms with van der Waals surface area (Å²) in [6.45, 7) is 1.96.